The van der Waals surface area contributed by atoms with E-state index in [1.165, 1.54) is 0 Å². The summed E-state index contributed by atoms with van der Waals surface area (Å²) in [5, 5.41) is 7.31. The molecule has 9 heteroatoms. The summed E-state index contributed by atoms with van der Waals surface area (Å²) in [7, 11) is 8.20. The summed E-state index contributed by atoms with van der Waals surface area (Å²) in [4.78, 5) is 4.27. The minimum Gasteiger partial charge on any atom is -0.497 e. The minimum absolute atomic E-state index is 0. The molecule has 2 aromatic carbocycles. The van der Waals surface area contributed by atoms with E-state index in [2.05, 4.69) is 15.6 Å². The molecule has 31 heavy (non-hydrogen) atoms. The van der Waals surface area contributed by atoms with Crippen LogP contribution >= 0.6 is 35.6 Å². The van der Waals surface area contributed by atoms with Crippen molar-refractivity contribution < 1.29 is 18.9 Å². The van der Waals surface area contributed by atoms with Gasteiger partial charge in [0.25, 0.3) is 0 Å². The van der Waals surface area contributed by atoms with Crippen LogP contribution in [-0.2, 0) is 12.8 Å². The molecule has 0 unspecified atom stereocenters. The highest BCUT2D eigenvalue weighted by molar-refractivity contribution is 14.0. The molecular formula is C22H31ClIN3O4. The molecule has 2 N–H and O–H groups in total. The van der Waals surface area contributed by atoms with Crippen molar-refractivity contribution in [3.63, 3.8) is 0 Å². The zero-order valence-corrected chi connectivity index (χ0v) is 21.7. The van der Waals surface area contributed by atoms with Gasteiger partial charge in [0.1, 0.15) is 5.75 Å². The number of halogens is 2. The summed E-state index contributed by atoms with van der Waals surface area (Å²) in [5.74, 6) is 3.38. The van der Waals surface area contributed by atoms with E-state index in [9.17, 15) is 0 Å². The predicted octanol–water partition coefficient (Wildman–Crippen LogP) is 3.94. The number of nitrogens with zero attached hydrogens (tertiary/aromatic N) is 1. The highest BCUT2D eigenvalue weighted by atomic mass is 127. The molecule has 0 saturated heterocycles. The number of nitrogens with one attached hydrogen (secondary N) is 2. The van der Waals surface area contributed by atoms with Gasteiger partial charge in [0, 0.05) is 30.7 Å². The maximum Gasteiger partial charge on any atom is 0.203 e. The molecule has 0 saturated carbocycles. The van der Waals surface area contributed by atoms with Crippen molar-refractivity contribution in [1.29, 1.82) is 0 Å². The third-order valence-corrected chi connectivity index (χ3v) is 4.99. The summed E-state index contributed by atoms with van der Waals surface area (Å²) in [6, 6.07) is 9.56. The second kappa shape index (κ2) is 14.1. The average molecular weight is 564 g/mol. The Morgan fingerprint density at radius 2 is 1.45 bits per heavy atom. The van der Waals surface area contributed by atoms with Crippen molar-refractivity contribution in [1.82, 2.24) is 10.6 Å². The number of aliphatic imine (C=N–C) groups is 1. The molecule has 0 fully saturated rings. The molecule has 172 valence electrons. The van der Waals surface area contributed by atoms with Gasteiger partial charge in [-0.05, 0) is 36.6 Å². The molecule has 0 atom stereocenters. The van der Waals surface area contributed by atoms with Crippen LogP contribution in [0.1, 0.15) is 11.1 Å². The summed E-state index contributed by atoms with van der Waals surface area (Å²) >= 11 is 6.30. The van der Waals surface area contributed by atoms with E-state index < -0.39 is 0 Å². The van der Waals surface area contributed by atoms with E-state index in [-0.39, 0.29) is 24.0 Å². The number of rotatable bonds is 10. The van der Waals surface area contributed by atoms with E-state index in [1.54, 1.807) is 35.5 Å². The third-order valence-electron chi connectivity index (χ3n) is 4.64. The maximum atomic E-state index is 6.30. The smallest absolute Gasteiger partial charge is 0.203 e. The van der Waals surface area contributed by atoms with E-state index in [0.29, 0.717) is 35.4 Å². The van der Waals surface area contributed by atoms with Crippen molar-refractivity contribution in [3.8, 4) is 23.0 Å². The first kappa shape index (κ1) is 27.0. The number of methoxy groups -OCH3 is 4. The van der Waals surface area contributed by atoms with Gasteiger partial charge in [-0.25, -0.2) is 0 Å². The van der Waals surface area contributed by atoms with Gasteiger partial charge in [0.2, 0.25) is 5.75 Å². The second-order valence-electron chi connectivity index (χ2n) is 6.38. The topological polar surface area (TPSA) is 73.3 Å². The van der Waals surface area contributed by atoms with Crippen LogP contribution in [0.5, 0.6) is 23.0 Å². The molecule has 0 spiro atoms. The van der Waals surface area contributed by atoms with E-state index >= 15 is 0 Å². The Morgan fingerprint density at radius 1 is 0.839 bits per heavy atom. The van der Waals surface area contributed by atoms with Crippen LogP contribution in [0.4, 0.5) is 0 Å². The molecule has 0 heterocycles. The van der Waals surface area contributed by atoms with E-state index in [0.717, 1.165) is 35.7 Å². The normalized spacial score (nSPS) is 10.7. The summed E-state index contributed by atoms with van der Waals surface area (Å²) in [6.45, 7) is 1.38. The number of hydrogen-bond acceptors (Lipinski definition) is 5. The lowest BCUT2D eigenvalue weighted by atomic mass is 10.1. The average Bonchev–Trinajstić information content (AvgIpc) is 2.78. The number of guanidine groups is 1. The number of hydrogen-bond donors (Lipinski definition) is 2. The molecule has 0 radical (unpaired) electrons. The molecule has 0 amide bonds. The molecule has 0 aromatic heterocycles. The van der Waals surface area contributed by atoms with Gasteiger partial charge in [-0.3, -0.25) is 4.99 Å². The first-order chi connectivity index (χ1) is 14.6. The minimum atomic E-state index is 0. The molecule has 7 nitrogen and oxygen atoms in total. The van der Waals surface area contributed by atoms with Crippen LogP contribution < -0.4 is 29.6 Å². The van der Waals surface area contributed by atoms with Gasteiger partial charge in [-0.1, -0.05) is 23.7 Å². The van der Waals surface area contributed by atoms with E-state index in [1.807, 2.05) is 30.3 Å². The van der Waals surface area contributed by atoms with Crippen LogP contribution in [0.15, 0.2) is 35.3 Å². The number of ether oxygens (including phenoxy) is 4. The van der Waals surface area contributed by atoms with Crippen molar-refractivity contribution >= 4 is 41.5 Å². The zero-order chi connectivity index (χ0) is 21.9. The summed E-state index contributed by atoms with van der Waals surface area (Å²) in [5.41, 5.74) is 2.07. The molecule has 2 aromatic rings. The van der Waals surface area contributed by atoms with Crippen molar-refractivity contribution in [2.24, 2.45) is 4.99 Å². The quantitative estimate of drug-likeness (QED) is 0.259. The standard InChI is InChI=1S/C22H30ClN3O4.HI/c1-24-22(25-12-10-15-6-8-17(27-2)14-18(15)23)26-13-11-16-7-9-19(28-3)21(30-5)20(16)29-4;/h6-9,14H,10-13H2,1-5H3,(H2,24,25,26);1H. The Kier molecular flexibility index (Phi) is 12.2. The first-order valence-corrected chi connectivity index (χ1v) is 10.0. The lowest BCUT2D eigenvalue weighted by Gasteiger charge is -2.17. The SMILES string of the molecule is CN=C(NCCc1ccc(OC)cc1Cl)NCCc1ccc(OC)c(OC)c1OC.I. The van der Waals surface area contributed by atoms with Crippen LogP contribution in [0.25, 0.3) is 0 Å². The predicted molar refractivity (Wildman–Crippen MR) is 136 cm³/mol. The second-order valence-corrected chi connectivity index (χ2v) is 6.78. The molecule has 0 bridgehead atoms. The van der Waals surface area contributed by atoms with E-state index in [4.69, 9.17) is 30.5 Å². The fourth-order valence-corrected chi connectivity index (χ4v) is 3.33. The highest BCUT2D eigenvalue weighted by Gasteiger charge is 2.15. The lowest BCUT2D eigenvalue weighted by molar-refractivity contribution is 0.322. The van der Waals surface area contributed by atoms with Crippen molar-refractivity contribution in [2.45, 2.75) is 12.8 Å². The number of benzene rings is 2. The molecular weight excluding hydrogens is 533 g/mol. The maximum absolute atomic E-state index is 6.30. The van der Waals surface area contributed by atoms with Crippen LogP contribution in [0.3, 0.4) is 0 Å². The third kappa shape index (κ3) is 7.53. The Bertz CT molecular complexity index is 865. The molecule has 0 aliphatic rings. The Morgan fingerprint density at radius 3 is 1.97 bits per heavy atom. The van der Waals surface area contributed by atoms with Crippen LogP contribution in [-0.4, -0.2) is 54.5 Å². The Labute approximate surface area is 206 Å². The van der Waals surface area contributed by atoms with Gasteiger partial charge in [-0.2, -0.15) is 0 Å². The highest BCUT2D eigenvalue weighted by Crippen LogP contribution is 2.39. The first-order valence-electron chi connectivity index (χ1n) is 9.62. The fourth-order valence-electron chi connectivity index (χ4n) is 3.07. The van der Waals surface area contributed by atoms with Crippen LogP contribution in [0.2, 0.25) is 5.02 Å². The van der Waals surface area contributed by atoms with Gasteiger partial charge >= 0.3 is 0 Å². The van der Waals surface area contributed by atoms with Gasteiger partial charge < -0.3 is 29.6 Å². The fraction of sp³-hybridized carbons (Fsp3) is 0.409. The van der Waals surface area contributed by atoms with Gasteiger partial charge in [-0.15, -0.1) is 24.0 Å². The lowest BCUT2D eigenvalue weighted by Crippen LogP contribution is -2.39. The summed E-state index contributed by atoms with van der Waals surface area (Å²) in [6.07, 6.45) is 1.50. The zero-order valence-electron chi connectivity index (χ0n) is 18.6. The largest absolute Gasteiger partial charge is 0.497 e. The monoisotopic (exact) mass is 563 g/mol. The Balaban J connectivity index is 0.00000480. The molecule has 0 aliphatic heterocycles. The molecule has 0 aliphatic carbocycles. The van der Waals surface area contributed by atoms with Crippen molar-refractivity contribution in [3.05, 3.63) is 46.5 Å². The van der Waals surface area contributed by atoms with Crippen LogP contribution in [0, 0.1) is 0 Å². The van der Waals surface area contributed by atoms with Crippen molar-refractivity contribution in [2.75, 3.05) is 48.6 Å². The van der Waals surface area contributed by atoms with Gasteiger partial charge in [0.15, 0.2) is 17.5 Å². The van der Waals surface area contributed by atoms with Gasteiger partial charge in [0.05, 0.1) is 28.4 Å². The molecule has 2 rings (SSSR count). The Hall–Kier alpha value is -2.07. The summed E-state index contributed by atoms with van der Waals surface area (Å²) < 4.78 is 21.5.